The fourth-order valence-electron chi connectivity index (χ4n) is 1.37. The second-order valence-electron chi connectivity index (χ2n) is 3.66. The molecule has 1 saturated heterocycles. The van der Waals surface area contributed by atoms with Crippen LogP contribution in [0, 0.1) is 0 Å². The number of likely N-dealkylation sites (tertiary alicyclic amines) is 1. The quantitative estimate of drug-likeness (QED) is 0.709. The Kier molecular flexibility index (Phi) is 3.13. The van der Waals surface area contributed by atoms with Crippen molar-refractivity contribution in [1.29, 1.82) is 0 Å². The van der Waals surface area contributed by atoms with E-state index in [9.17, 15) is 14.7 Å². The minimum absolute atomic E-state index is 0.0592. The van der Waals surface area contributed by atoms with E-state index in [2.05, 4.69) is 4.84 Å². The molecule has 6 nitrogen and oxygen atoms in total. The van der Waals surface area contributed by atoms with Gasteiger partial charge in [-0.3, -0.25) is 4.79 Å². The van der Waals surface area contributed by atoms with E-state index in [1.165, 1.54) is 17.0 Å². The Labute approximate surface area is 97.7 Å². The van der Waals surface area contributed by atoms with E-state index >= 15 is 0 Å². The third-order valence-electron chi connectivity index (χ3n) is 2.49. The molecule has 2 rings (SSSR count). The van der Waals surface area contributed by atoms with Crippen molar-refractivity contribution in [2.24, 2.45) is 0 Å². The number of rotatable bonds is 1. The number of nitrogens with one attached hydrogen (secondary N) is 1. The van der Waals surface area contributed by atoms with Crippen LogP contribution in [0.3, 0.4) is 0 Å². The fourth-order valence-corrected chi connectivity index (χ4v) is 1.37. The number of amides is 2. The molecule has 1 heterocycles. The number of hydrogen-bond donors (Lipinski definition) is 2. The van der Waals surface area contributed by atoms with Crippen LogP contribution in [0.2, 0.25) is 0 Å². The molecule has 1 fully saturated rings. The van der Waals surface area contributed by atoms with Crippen LogP contribution in [0.15, 0.2) is 24.3 Å². The zero-order valence-corrected chi connectivity index (χ0v) is 9.05. The highest BCUT2D eigenvalue weighted by molar-refractivity contribution is 5.96. The van der Waals surface area contributed by atoms with Crippen molar-refractivity contribution < 1.29 is 19.5 Å². The van der Waals surface area contributed by atoms with E-state index in [0.717, 1.165) is 6.42 Å². The lowest BCUT2D eigenvalue weighted by molar-refractivity contribution is 0.0326. The molecule has 17 heavy (non-hydrogen) atoms. The predicted octanol–water partition coefficient (Wildman–Crippen LogP) is 0.879. The number of aromatic hydroxyl groups is 1. The van der Waals surface area contributed by atoms with Crippen LogP contribution in [-0.2, 0) is 4.84 Å². The van der Waals surface area contributed by atoms with Crippen molar-refractivity contribution >= 4 is 12.0 Å². The van der Waals surface area contributed by atoms with Crippen LogP contribution in [0.1, 0.15) is 16.8 Å². The number of phenols is 1. The standard InChI is InChI=1S/C11H12N2O4/c14-9-5-2-1-4-8(9)10(15)12-17-11(16)13-6-3-7-13/h1-2,4-5,14H,3,6-7H2,(H,12,15). The summed E-state index contributed by atoms with van der Waals surface area (Å²) < 4.78 is 0. The van der Waals surface area contributed by atoms with Crippen LogP contribution >= 0.6 is 0 Å². The van der Waals surface area contributed by atoms with Crippen LogP contribution in [-0.4, -0.2) is 35.1 Å². The molecule has 0 aliphatic carbocycles. The van der Waals surface area contributed by atoms with Gasteiger partial charge in [0.05, 0.1) is 5.56 Å². The summed E-state index contributed by atoms with van der Waals surface area (Å²) in [5.41, 5.74) is 2.06. The molecule has 0 bridgehead atoms. The first kappa shape index (κ1) is 11.3. The number of hydrogen-bond acceptors (Lipinski definition) is 4. The summed E-state index contributed by atoms with van der Waals surface area (Å²) in [5.74, 6) is -0.818. The first-order valence-electron chi connectivity index (χ1n) is 5.22. The zero-order chi connectivity index (χ0) is 12.3. The van der Waals surface area contributed by atoms with Crippen molar-refractivity contribution in [1.82, 2.24) is 10.4 Å². The van der Waals surface area contributed by atoms with Gasteiger partial charge in [0.15, 0.2) is 0 Å². The summed E-state index contributed by atoms with van der Waals surface area (Å²) in [7, 11) is 0. The highest BCUT2D eigenvalue weighted by Crippen LogP contribution is 2.15. The number of benzene rings is 1. The topological polar surface area (TPSA) is 78.9 Å². The van der Waals surface area contributed by atoms with Gasteiger partial charge in [-0.2, -0.15) is 5.48 Å². The monoisotopic (exact) mass is 236 g/mol. The lowest BCUT2D eigenvalue weighted by Gasteiger charge is -2.29. The number of carbonyl (C=O) groups is 2. The number of para-hydroxylation sites is 1. The molecule has 0 aromatic heterocycles. The van der Waals surface area contributed by atoms with Crippen LogP contribution in [0.5, 0.6) is 5.75 Å². The van der Waals surface area contributed by atoms with Crippen molar-refractivity contribution in [2.45, 2.75) is 6.42 Å². The Bertz CT molecular complexity index is 443. The largest absolute Gasteiger partial charge is 0.507 e. The Balaban J connectivity index is 1.89. The highest BCUT2D eigenvalue weighted by atomic mass is 16.7. The molecule has 2 N–H and O–H groups in total. The van der Waals surface area contributed by atoms with Gasteiger partial charge in [-0.25, -0.2) is 4.79 Å². The highest BCUT2D eigenvalue weighted by Gasteiger charge is 2.22. The van der Waals surface area contributed by atoms with Crippen LogP contribution < -0.4 is 5.48 Å². The minimum atomic E-state index is -0.656. The molecule has 2 amide bonds. The summed E-state index contributed by atoms with van der Waals surface area (Å²) in [5, 5.41) is 9.40. The van der Waals surface area contributed by atoms with E-state index < -0.39 is 12.0 Å². The van der Waals surface area contributed by atoms with Gasteiger partial charge >= 0.3 is 6.09 Å². The first-order valence-corrected chi connectivity index (χ1v) is 5.22. The molecule has 1 aliphatic heterocycles. The maximum Gasteiger partial charge on any atom is 0.434 e. The third kappa shape index (κ3) is 2.47. The third-order valence-corrected chi connectivity index (χ3v) is 2.49. The molecule has 0 atom stereocenters. The Morgan fingerprint density at radius 3 is 2.59 bits per heavy atom. The van der Waals surface area contributed by atoms with Gasteiger partial charge < -0.3 is 14.8 Å². The smallest absolute Gasteiger partial charge is 0.434 e. The average Bonchev–Trinajstić information content (AvgIpc) is 2.24. The molecule has 6 heteroatoms. The van der Waals surface area contributed by atoms with Crippen LogP contribution in [0.4, 0.5) is 4.79 Å². The molecule has 0 radical (unpaired) electrons. The van der Waals surface area contributed by atoms with Gasteiger partial charge in [-0.15, -0.1) is 0 Å². The molecular formula is C11H12N2O4. The van der Waals surface area contributed by atoms with Crippen molar-refractivity contribution in [3.63, 3.8) is 0 Å². The van der Waals surface area contributed by atoms with E-state index in [1.807, 2.05) is 5.48 Å². The van der Waals surface area contributed by atoms with Crippen molar-refractivity contribution in [3.05, 3.63) is 29.8 Å². The van der Waals surface area contributed by atoms with E-state index in [4.69, 9.17) is 0 Å². The van der Waals surface area contributed by atoms with E-state index in [1.54, 1.807) is 12.1 Å². The van der Waals surface area contributed by atoms with E-state index in [0.29, 0.717) is 13.1 Å². The first-order chi connectivity index (χ1) is 8.18. The summed E-state index contributed by atoms with van der Waals surface area (Å²) in [6.07, 6.45) is 0.364. The Hall–Kier alpha value is -2.24. The maximum atomic E-state index is 11.5. The molecule has 0 spiro atoms. The second kappa shape index (κ2) is 4.73. The van der Waals surface area contributed by atoms with Gasteiger partial charge in [0.1, 0.15) is 5.75 Å². The predicted molar refractivity (Wildman–Crippen MR) is 58.2 cm³/mol. The van der Waals surface area contributed by atoms with Gasteiger partial charge in [-0.05, 0) is 18.6 Å². The fraction of sp³-hybridized carbons (Fsp3) is 0.273. The summed E-state index contributed by atoms with van der Waals surface area (Å²) in [4.78, 5) is 28.9. The van der Waals surface area contributed by atoms with Crippen LogP contribution in [0.25, 0.3) is 0 Å². The number of phenolic OH excluding ortho intramolecular Hbond substituents is 1. The van der Waals surface area contributed by atoms with Gasteiger partial charge in [0.25, 0.3) is 5.91 Å². The molecule has 0 unspecified atom stereocenters. The van der Waals surface area contributed by atoms with Gasteiger partial charge in [0.2, 0.25) is 0 Å². The zero-order valence-electron chi connectivity index (χ0n) is 9.05. The maximum absolute atomic E-state index is 11.5. The molecular weight excluding hydrogens is 224 g/mol. The Morgan fingerprint density at radius 2 is 2.00 bits per heavy atom. The molecule has 90 valence electrons. The summed E-state index contributed by atoms with van der Waals surface area (Å²) >= 11 is 0. The lowest BCUT2D eigenvalue weighted by Crippen LogP contribution is -2.45. The summed E-state index contributed by atoms with van der Waals surface area (Å²) in [6.45, 7) is 1.29. The SMILES string of the molecule is O=C(NOC(=O)N1CCC1)c1ccccc1O. The van der Waals surface area contributed by atoms with Crippen molar-refractivity contribution in [2.75, 3.05) is 13.1 Å². The molecule has 1 aromatic rings. The normalized spacial score (nSPS) is 13.8. The number of hydroxylamine groups is 1. The number of nitrogens with zero attached hydrogens (tertiary/aromatic N) is 1. The van der Waals surface area contributed by atoms with E-state index in [-0.39, 0.29) is 11.3 Å². The lowest BCUT2D eigenvalue weighted by atomic mass is 10.2. The molecule has 0 saturated carbocycles. The second-order valence-corrected chi connectivity index (χ2v) is 3.66. The van der Waals surface area contributed by atoms with Crippen molar-refractivity contribution in [3.8, 4) is 5.75 Å². The molecule has 1 aliphatic rings. The van der Waals surface area contributed by atoms with Gasteiger partial charge in [0, 0.05) is 13.1 Å². The average molecular weight is 236 g/mol. The number of carbonyl (C=O) groups excluding carboxylic acids is 2. The minimum Gasteiger partial charge on any atom is -0.507 e. The van der Waals surface area contributed by atoms with Gasteiger partial charge in [-0.1, -0.05) is 12.1 Å². The summed E-state index contributed by atoms with van der Waals surface area (Å²) in [6, 6.07) is 6.01. The Morgan fingerprint density at radius 1 is 1.29 bits per heavy atom. The molecule has 1 aromatic carbocycles.